The monoisotopic (exact) mass is 265 g/mol. The molecule has 2 rings (SSSR count). The number of rotatable bonds is 2. The molecule has 1 aromatic carbocycles. The second-order valence-electron chi connectivity index (χ2n) is 4.27. The number of hydrogen-bond acceptors (Lipinski definition) is 5. The van der Waals surface area contributed by atoms with E-state index in [1.165, 1.54) is 23.1 Å². The zero-order valence-electron chi connectivity index (χ0n) is 10.2. The van der Waals surface area contributed by atoms with Crippen LogP contribution in [0.3, 0.4) is 0 Å². The molecule has 1 aliphatic heterocycles. The summed E-state index contributed by atoms with van der Waals surface area (Å²) in [6.07, 6.45) is 0. The van der Waals surface area contributed by atoms with Crippen LogP contribution >= 0.6 is 0 Å². The molecule has 1 atom stereocenters. The Balaban J connectivity index is 2.26. The summed E-state index contributed by atoms with van der Waals surface area (Å²) < 4.78 is 5.14. The molecule has 5 N–H and O–H groups in total. The number of nitrogens with two attached hydrogens (primary N) is 2. The molecule has 0 saturated carbocycles. The van der Waals surface area contributed by atoms with Gasteiger partial charge in [-0.15, -0.1) is 0 Å². The second kappa shape index (κ2) is 5.15. The minimum absolute atomic E-state index is 0.0853. The van der Waals surface area contributed by atoms with Crippen molar-refractivity contribution in [1.29, 1.82) is 0 Å². The number of phenolic OH excluding ortho intramolecular Hbond substituents is 1. The van der Waals surface area contributed by atoms with Crippen LogP contribution < -0.4 is 11.5 Å². The smallest absolute Gasteiger partial charge is 0.254 e. The molecule has 1 fully saturated rings. The lowest BCUT2D eigenvalue weighted by Crippen LogP contribution is -2.54. The maximum atomic E-state index is 12.3. The van der Waals surface area contributed by atoms with Crippen LogP contribution in [0.15, 0.2) is 18.2 Å². The van der Waals surface area contributed by atoms with Crippen molar-refractivity contribution in [1.82, 2.24) is 4.90 Å². The van der Waals surface area contributed by atoms with Gasteiger partial charge >= 0.3 is 0 Å². The summed E-state index contributed by atoms with van der Waals surface area (Å²) in [6.45, 7) is 0.704. The molecule has 1 saturated heterocycles. The Kier molecular flexibility index (Phi) is 3.57. The van der Waals surface area contributed by atoms with Gasteiger partial charge in [-0.05, 0) is 18.2 Å². The van der Waals surface area contributed by atoms with E-state index in [2.05, 4.69) is 0 Å². The fourth-order valence-corrected chi connectivity index (χ4v) is 1.93. The average molecular weight is 265 g/mol. The van der Waals surface area contributed by atoms with Crippen LogP contribution in [0.2, 0.25) is 0 Å². The van der Waals surface area contributed by atoms with E-state index < -0.39 is 11.9 Å². The standard InChI is InChI=1S/C12H15N3O4/c13-8-2-1-7(5-10(8)16)12(18)15-3-4-19-6-9(15)11(14)17/h1-2,5,9,16H,3-4,6,13H2,(H2,14,17). The van der Waals surface area contributed by atoms with Gasteiger partial charge in [-0.3, -0.25) is 9.59 Å². The largest absolute Gasteiger partial charge is 0.506 e. The number of morpholine rings is 1. The number of nitrogens with zero attached hydrogens (tertiary/aromatic N) is 1. The van der Waals surface area contributed by atoms with Gasteiger partial charge in [0, 0.05) is 12.1 Å². The molecule has 0 bridgehead atoms. The van der Waals surface area contributed by atoms with Crippen molar-refractivity contribution < 1.29 is 19.4 Å². The summed E-state index contributed by atoms with van der Waals surface area (Å²) in [6, 6.07) is 3.40. The Labute approximate surface area is 109 Å². The summed E-state index contributed by atoms with van der Waals surface area (Å²) in [5, 5.41) is 9.51. The van der Waals surface area contributed by atoms with E-state index in [0.717, 1.165) is 0 Å². The minimum atomic E-state index is -0.791. The van der Waals surface area contributed by atoms with Crippen LogP contribution in [0.1, 0.15) is 10.4 Å². The number of carbonyl (C=O) groups excluding carboxylic acids is 2. The molecule has 2 amide bonds. The molecule has 0 radical (unpaired) electrons. The van der Waals surface area contributed by atoms with Crippen molar-refractivity contribution in [3.05, 3.63) is 23.8 Å². The molecule has 19 heavy (non-hydrogen) atoms. The fourth-order valence-electron chi connectivity index (χ4n) is 1.93. The van der Waals surface area contributed by atoms with Gasteiger partial charge in [0.15, 0.2) is 0 Å². The van der Waals surface area contributed by atoms with Crippen molar-refractivity contribution >= 4 is 17.5 Å². The van der Waals surface area contributed by atoms with E-state index in [9.17, 15) is 14.7 Å². The Morgan fingerprint density at radius 2 is 2.16 bits per heavy atom. The summed E-state index contributed by atoms with van der Waals surface area (Å²) in [7, 11) is 0. The van der Waals surface area contributed by atoms with Crippen LogP contribution in [0.4, 0.5) is 5.69 Å². The number of aromatic hydroxyl groups is 1. The molecule has 1 heterocycles. The lowest BCUT2D eigenvalue weighted by molar-refractivity contribution is -0.127. The van der Waals surface area contributed by atoms with Gasteiger partial charge < -0.3 is 26.2 Å². The third-order valence-corrected chi connectivity index (χ3v) is 3.00. The van der Waals surface area contributed by atoms with Crippen molar-refractivity contribution in [3.8, 4) is 5.75 Å². The molecule has 1 aliphatic rings. The molecule has 0 aliphatic carbocycles. The molecule has 7 nitrogen and oxygen atoms in total. The molecular formula is C12H15N3O4. The molecule has 1 aromatic rings. The third-order valence-electron chi connectivity index (χ3n) is 3.00. The number of phenols is 1. The minimum Gasteiger partial charge on any atom is -0.506 e. The first kappa shape index (κ1) is 13.2. The molecule has 102 valence electrons. The van der Waals surface area contributed by atoms with Crippen molar-refractivity contribution in [2.75, 3.05) is 25.5 Å². The summed E-state index contributed by atoms with van der Waals surface area (Å²) >= 11 is 0. The number of benzene rings is 1. The van der Waals surface area contributed by atoms with Gasteiger partial charge in [-0.25, -0.2) is 0 Å². The highest BCUT2D eigenvalue weighted by molar-refractivity contribution is 5.98. The van der Waals surface area contributed by atoms with E-state index >= 15 is 0 Å². The van der Waals surface area contributed by atoms with E-state index in [1.54, 1.807) is 0 Å². The normalized spacial score (nSPS) is 19.2. The van der Waals surface area contributed by atoms with E-state index in [-0.39, 0.29) is 36.1 Å². The lowest BCUT2D eigenvalue weighted by atomic mass is 10.1. The molecule has 1 unspecified atom stereocenters. The maximum Gasteiger partial charge on any atom is 0.254 e. The first-order valence-corrected chi connectivity index (χ1v) is 5.77. The number of hydrogen-bond donors (Lipinski definition) is 3. The van der Waals surface area contributed by atoms with E-state index in [4.69, 9.17) is 16.2 Å². The second-order valence-corrected chi connectivity index (χ2v) is 4.27. The Morgan fingerprint density at radius 1 is 1.42 bits per heavy atom. The van der Waals surface area contributed by atoms with Crippen LogP contribution in [0, 0.1) is 0 Å². The quantitative estimate of drug-likeness (QED) is 0.482. The van der Waals surface area contributed by atoms with Gasteiger partial charge in [-0.1, -0.05) is 0 Å². The van der Waals surface area contributed by atoms with Gasteiger partial charge in [0.1, 0.15) is 11.8 Å². The summed E-state index contributed by atoms with van der Waals surface area (Å²) in [5.41, 5.74) is 11.2. The Hall–Kier alpha value is -2.28. The highest BCUT2D eigenvalue weighted by atomic mass is 16.5. The van der Waals surface area contributed by atoms with E-state index in [1.807, 2.05) is 0 Å². The first-order chi connectivity index (χ1) is 9.00. The zero-order chi connectivity index (χ0) is 14.0. The van der Waals surface area contributed by atoms with Crippen molar-refractivity contribution in [2.45, 2.75) is 6.04 Å². The van der Waals surface area contributed by atoms with Crippen molar-refractivity contribution in [2.24, 2.45) is 5.73 Å². The summed E-state index contributed by atoms with van der Waals surface area (Å²) in [4.78, 5) is 24.9. The average Bonchev–Trinajstić information content (AvgIpc) is 2.41. The Morgan fingerprint density at radius 3 is 2.79 bits per heavy atom. The van der Waals surface area contributed by atoms with Gasteiger partial charge in [0.2, 0.25) is 5.91 Å². The van der Waals surface area contributed by atoms with Crippen LogP contribution in [-0.2, 0) is 9.53 Å². The van der Waals surface area contributed by atoms with Crippen LogP contribution in [-0.4, -0.2) is 47.6 Å². The predicted octanol–water partition coefficient (Wildman–Crippen LogP) is -0.699. The van der Waals surface area contributed by atoms with E-state index in [0.29, 0.717) is 6.61 Å². The van der Waals surface area contributed by atoms with Gasteiger partial charge in [-0.2, -0.15) is 0 Å². The SMILES string of the molecule is NC(=O)C1COCCN1C(=O)c1ccc(N)c(O)c1. The third kappa shape index (κ3) is 2.60. The van der Waals surface area contributed by atoms with Crippen molar-refractivity contribution in [3.63, 3.8) is 0 Å². The number of primary amides is 1. The molecular weight excluding hydrogens is 250 g/mol. The Bertz CT molecular complexity index is 518. The first-order valence-electron chi connectivity index (χ1n) is 5.77. The number of nitrogen functional groups attached to an aromatic ring is 1. The molecule has 0 aromatic heterocycles. The highest BCUT2D eigenvalue weighted by Crippen LogP contribution is 2.22. The zero-order valence-corrected chi connectivity index (χ0v) is 10.2. The topological polar surface area (TPSA) is 119 Å². The highest BCUT2D eigenvalue weighted by Gasteiger charge is 2.32. The van der Waals surface area contributed by atoms with Crippen LogP contribution in [0.5, 0.6) is 5.75 Å². The van der Waals surface area contributed by atoms with Crippen LogP contribution in [0.25, 0.3) is 0 Å². The number of amides is 2. The molecule has 7 heteroatoms. The number of ether oxygens (including phenoxy) is 1. The predicted molar refractivity (Wildman–Crippen MR) is 67.4 cm³/mol. The van der Waals surface area contributed by atoms with Gasteiger partial charge in [0.05, 0.1) is 18.9 Å². The number of anilines is 1. The van der Waals surface area contributed by atoms with Gasteiger partial charge in [0.25, 0.3) is 5.91 Å². The maximum absolute atomic E-state index is 12.3. The number of carbonyl (C=O) groups is 2. The summed E-state index contributed by atoms with van der Waals surface area (Å²) in [5.74, 6) is -1.18. The molecule has 0 spiro atoms. The fraction of sp³-hybridized carbons (Fsp3) is 0.333. The lowest BCUT2D eigenvalue weighted by Gasteiger charge is -2.33.